The molecule has 1 atom stereocenters. The number of benzene rings is 4. The normalized spacial score (nSPS) is 15.3. The van der Waals surface area contributed by atoms with Crippen LogP contribution in [0.3, 0.4) is 0 Å². The lowest BCUT2D eigenvalue weighted by molar-refractivity contribution is -0.145. The Balaban J connectivity index is 1.34. The molecular formula is C39H30N2O4S. The Morgan fingerprint density at radius 1 is 0.783 bits per heavy atom. The van der Waals surface area contributed by atoms with Crippen LogP contribution in [0.4, 0.5) is 0 Å². The number of ether oxygens (including phenoxy) is 1. The summed E-state index contributed by atoms with van der Waals surface area (Å²) in [5.41, 5.74) is 5.81. The molecule has 0 N–H and O–H groups in total. The van der Waals surface area contributed by atoms with Crippen LogP contribution in [0.25, 0.3) is 5.57 Å². The maximum atomic E-state index is 14.1. The molecule has 0 amide bonds. The lowest BCUT2D eigenvalue weighted by Gasteiger charge is -2.21. The van der Waals surface area contributed by atoms with Crippen molar-refractivity contribution in [3.63, 3.8) is 0 Å². The fourth-order valence-electron chi connectivity index (χ4n) is 5.68. The van der Waals surface area contributed by atoms with E-state index in [1.807, 2.05) is 134 Å². The Hall–Kier alpha value is -5.58. The van der Waals surface area contributed by atoms with Crippen molar-refractivity contribution in [2.24, 2.45) is 5.16 Å². The fourth-order valence-corrected chi connectivity index (χ4v) is 6.32. The highest BCUT2D eigenvalue weighted by molar-refractivity contribution is 7.10. The van der Waals surface area contributed by atoms with Gasteiger partial charge < -0.3 is 9.57 Å². The predicted molar refractivity (Wildman–Crippen MR) is 180 cm³/mol. The van der Waals surface area contributed by atoms with Crippen LogP contribution in [0.2, 0.25) is 0 Å². The van der Waals surface area contributed by atoms with Crippen molar-refractivity contribution in [3.8, 4) is 12.3 Å². The number of aromatic nitrogens is 1. The van der Waals surface area contributed by atoms with Crippen LogP contribution in [0, 0.1) is 12.3 Å². The lowest BCUT2D eigenvalue weighted by atomic mass is 9.91. The molecule has 0 aliphatic heterocycles. The van der Waals surface area contributed by atoms with Gasteiger partial charge in [-0.3, -0.25) is 4.79 Å². The molecule has 1 aliphatic carbocycles. The van der Waals surface area contributed by atoms with Crippen LogP contribution in [0.5, 0.6) is 0 Å². The number of allylic oxidation sites excluding steroid dienone is 1. The van der Waals surface area contributed by atoms with Gasteiger partial charge in [-0.05, 0) is 46.2 Å². The number of carbonyl (C=O) groups is 2. The van der Waals surface area contributed by atoms with E-state index in [1.54, 1.807) is 0 Å². The van der Waals surface area contributed by atoms with Gasteiger partial charge in [0.25, 0.3) is 0 Å². The van der Waals surface area contributed by atoms with Gasteiger partial charge in [0.2, 0.25) is 0 Å². The first-order chi connectivity index (χ1) is 22.5. The standard InChI is InChI=1S/C39H30N2O4S/c1-3-34-40-33(25-46-34)31-24-32(41-45-39(43)36(29-20-12-6-13-21-29)30-22-14-7-15-23-30)37(26(31)2)44-38(42)35(27-16-8-4-9-17-27)28-18-10-5-11-19-28/h1,4-23,25,35-37H,24H2,2H3/b41-32-. The summed E-state index contributed by atoms with van der Waals surface area (Å²) in [6.07, 6.45) is 5.00. The number of carbonyl (C=O) groups excluding carboxylic acids is 2. The summed E-state index contributed by atoms with van der Waals surface area (Å²) < 4.78 is 6.27. The minimum Gasteiger partial charge on any atom is -0.451 e. The van der Waals surface area contributed by atoms with Gasteiger partial charge in [0, 0.05) is 11.8 Å². The number of hydrogen-bond acceptors (Lipinski definition) is 7. The second-order valence-corrected chi connectivity index (χ2v) is 11.7. The highest BCUT2D eigenvalue weighted by Gasteiger charge is 2.37. The first-order valence-electron chi connectivity index (χ1n) is 14.8. The van der Waals surface area contributed by atoms with Gasteiger partial charge in [-0.2, -0.15) is 0 Å². The number of esters is 1. The molecule has 0 saturated heterocycles. The van der Waals surface area contributed by atoms with Gasteiger partial charge in [-0.25, -0.2) is 9.78 Å². The van der Waals surface area contributed by atoms with E-state index in [-0.39, 0.29) is 6.42 Å². The van der Waals surface area contributed by atoms with Crippen molar-refractivity contribution in [1.82, 2.24) is 4.98 Å². The maximum absolute atomic E-state index is 14.1. The Bertz CT molecular complexity index is 1850. The highest BCUT2D eigenvalue weighted by atomic mass is 32.1. The SMILES string of the molecule is C#Cc1nc(C2=C(C)C(OC(=O)C(c3ccccc3)c3ccccc3)/C(=N\OC(=O)C(c3ccccc3)c3ccccc3)C2)cs1. The van der Waals surface area contributed by atoms with Gasteiger partial charge in [0.15, 0.2) is 11.1 Å². The van der Waals surface area contributed by atoms with E-state index in [4.69, 9.17) is 16.0 Å². The van der Waals surface area contributed by atoms with Crippen LogP contribution >= 0.6 is 11.3 Å². The quantitative estimate of drug-likeness (QED) is 0.0726. The van der Waals surface area contributed by atoms with Gasteiger partial charge in [0.05, 0.1) is 5.69 Å². The van der Waals surface area contributed by atoms with Crippen LogP contribution < -0.4 is 0 Å². The number of oxime groups is 1. The highest BCUT2D eigenvalue weighted by Crippen LogP contribution is 2.37. The van der Waals surface area contributed by atoms with E-state index in [0.29, 0.717) is 16.4 Å². The summed E-state index contributed by atoms with van der Waals surface area (Å²) in [7, 11) is 0. The maximum Gasteiger partial charge on any atom is 0.346 e. The first kappa shape index (κ1) is 30.4. The molecule has 4 aromatic carbocycles. The zero-order chi connectivity index (χ0) is 31.9. The van der Waals surface area contributed by atoms with E-state index in [0.717, 1.165) is 33.4 Å². The van der Waals surface area contributed by atoms with E-state index < -0.39 is 29.9 Å². The third kappa shape index (κ3) is 6.58. The molecule has 226 valence electrons. The lowest BCUT2D eigenvalue weighted by Crippen LogP contribution is -2.29. The summed E-state index contributed by atoms with van der Waals surface area (Å²) in [4.78, 5) is 38.0. The third-order valence-corrected chi connectivity index (χ3v) is 8.73. The smallest absolute Gasteiger partial charge is 0.346 e. The number of hydrogen-bond donors (Lipinski definition) is 0. The number of thiazole rings is 1. The summed E-state index contributed by atoms with van der Waals surface area (Å²) in [6, 6.07) is 37.9. The molecular weight excluding hydrogens is 593 g/mol. The average molecular weight is 623 g/mol. The molecule has 1 aliphatic rings. The van der Waals surface area contributed by atoms with Gasteiger partial charge in [-0.15, -0.1) is 17.8 Å². The van der Waals surface area contributed by atoms with Gasteiger partial charge in [-0.1, -0.05) is 126 Å². The van der Waals surface area contributed by atoms with Crippen LogP contribution in [0.15, 0.2) is 137 Å². The van der Waals surface area contributed by atoms with Crippen molar-refractivity contribution in [2.45, 2.75) is 31.3 Å². The molecule has 6 rings (SSSR count). The number of nitrogens with zero attached hydrogens (tertiary/aromatic N) is 2. The Morgan fingerprint density at radius 2 is 1.24 bits per heavy atom. The van der Waals surface area contributed by atoms with Crippen molar-refractivity contribution < 1.29 is 19.2 Å². The molecule has 0 spiro atoms. The molecule has 6 nitrogen and oxygen atoms in total. The van der Waals surface area contributed by atoms with Crippen molar-refractivity contribution in [2.75, 3.05) is 0 Å². The molecule has 0 bridgehead atoms. The summed E-state index contributed by atoms with van der Waals surface area (Å²) >= 11 is 1.36. The number of rotatable bonds is 9. The van der Waals surface area contributed by atoms with Crippen LogP contribution in [-0.2, 0) is 19.2 Å². The van der Waals surface area contributed by atoms with Crippen LogP contribution in [0.1, 0.15) is 58.1 Å². The average Bonchev–Trinajstić information content (AvgIpc) is 3.70. The Labute approximate surface area is 272 Å². The summed E-state index contributed by atoms with van der Waals surface area (Å²) in [6.45, 7) is 1.88. The topological polar surface area (TPSA) is 77.8 Å². The third-order valence-electron chi connectivity index (χ3n) is 7.96. The molecule has 1 unspecified atom stereocenters. The first-order valence-corrected chi connectivity index (χ1v) is 15.7. The largest absolute Gasteiger partial charge is 0.451 e. The molecule has 46 heavy (non-hydrogen) atoms. The molecule has 1 aromatic heterocycles. The van der Waals surface area contributed by atoms with Crippen molar-refractivity contribution in [1.29, 1.82) is 0 Å². The molecule has 0 radical (unpaired) electrons. The second-order valence-electron chi connectivity index (χ2n) is 10.8. The fraction of sp³-hybridized carbons (Fsp3) is 0.128. The Kier molecular flexibility index (Phi) is 9.28. The van der Waals surface area contributed by atoms with Gasteiger partial charge in [0.1, 0.15) is 17.5 Å². The van der Waals surface area contributed by atoms with Gasteiger partial charge >= 0.3 is 11.9 Å². The molecule has 0 saturated carbocycles. The zero-order valence-corrected chi connectivity index (χ0v) is 25.9. The van der Waals surface area contributed by atoms with Crippen LogP contribution in [-0.4, -0.2) is 28.7 Å². The minimum atomic E-state index is -0.867. The van der Waals surface area contributed by atoms with Crippen molar-refractivity contribution >= 4 is 34.6 Å². The van der Waals surface area contributed by atoms with E-state index in [1.165, 1.54) is 11.3 Å². The molecule has 1 heterocycles. The number of terminal acetylenes is 1. The summed E-state index contributed by atoms with van der Waals surface area (Å²) in [5, 5.41) is 6.79. The minimum absolute atomic E-state index is 0.271. The summed E-state index contributed by atoms with van der Waals surface area (Å²) in [5.74, 6) is 0.216. The second kappa shape index (κ2) is 14.0. The van der Waals surface area contributed by atoms with E-state index in [2.05, 4.69) is 16.1 Å². The molecule has 7 heteroatoms. The van der Waals surface area contributed by atoms with Crippen molar-refractivity contribution in [3.05, 3.63) is 165 Å². The monoisotopic (exact) mass is 622 g/mol. The van der Waals surface area contributed by atoms with E-state index in [9.17, 15) is 9.59 Å². The molecule has 5 aromatic rings. The predicted octanol–water partition coefficient (Wildman–Crippen LogP) is 7.78. The Morgan fingerprint density at radius 3 is 1.67 bits per heavy atom. The van der Waals surface area contributed by atoms with E-state index >= 15 is 0 Å². The molecule has 0 fully saturated rings. The zero-order valence-electron chi connectivity index (χ0n) is 25.1.